The maximum atomic E-state index is 13.0. The van der Waals surface area contributed by atoms with Crippen molar-refractivity contribution < 1.29 is 24.2 Å². The van der Waals surface area contributed by atoms with Gasteiger partial charge in [0.25, 0.3) is 5.91 Å². The lowest BCUT2D eigenvalue weighted by Crippen LogP contribution is -2.45. The smallest absolute Gasteiger partial charge is 0.328 e. The Morgan fingerprint density at radius 1 is 1.14 bits per heavy atom. The van der Waals surface area contributed by atoms with Gasteiger partial charge in [0.1, 0.15) is 17.7 Å². The first-order valence-corrected chi connectivity index (χ1v) is 12.3. The van der Waals surface area contributed by atoms with Gasteiger partial charge in [-0.1, -0.05) is 53.5 Å². The van der Waals surface area contributed by atoms with Crippen LogP contribution in [-0.4, -0.2) is 85.8 Å². The number of amides is 1. The predicted octanol–water partition coefficient (Wildman–Crippen LogP) is 3.23. The van der Waals surface area contributed by atoms with Crippen LogP contribution >= 0.6 is 23.2 Å². The Bertz CT molecular complexity index is 1010. The third-order valence-electron chi connectivity index (χ3n) is 5.80. The van der Waals surface area contributed by atoms with Crippen molar-refractivity contribution in [2.24, 2.45) is 0 Å². The van der Waals surface area contributed by atoms with Gasteiger partial charge in [0.15, 0.2) is 11.5 Å². The number of esters is 1. The van der Waals surface area contributed by atoms with Crippen molar-refractivity contribution in [3.63, 3.8) is 0 Å². The first kappa shape index (κ1) is 27.1. The molecule has 2 aromatic carbocycles. The first-order chi connectivity index (χ1) is 16.8. The fraction of sp³-hybridized carbons (Fsp3) is 0.440. The standard InChI is InChI=1S/C25H31Cl2N3O5/c1-3-34-25(33)20(15-17-7-5-4-6-8-17)28-24(32)18-16-19(26)23(21(27)22(18)31)35-14-13-30-11-9-29(2)10-12-30/h4-8,16,20,31H,3,9-15H2,1-2H3,(H,28,32)/t20-/m1/s1. The van der Waals surface area contributed by atoms with Crippen LogP contribution in [0.4, 0.5) is 0 Å². The van der Waals surface area contributed by atoms with E-state index in [1.807, 2.05) is 30.3 Å². The van der Waals surface area contributed by atoms with Gasteiger partial charge in [-0.15, -0.1) is 0 Å². The van der Waals surface area contributed by atoms with Crippen LogP contribution in [0.15, 0.2) is 36.4 Å². The second-order valence-electron chi connectivity index (χ2n) is 8.36. The summed E-state index contributed by atoms with van der Waals surface area (Å²) in [6.07, 6.45) is 0.223. The topological polar surface area (TPSA) is 91.3 Å². The Morgan fingerprint density at radius 2 is 1.83 bits per heavy atom. The van der Waals surface area contributed by atoms with Gasteiger partial charge in [0.2, 0.25) is 0 Å². The zero-order valence-electron chi connectivity index (χ0n) is 19.9. The molecule has 1 amide bonds. The van der Waals surface area contributed by atoms with Crippen LogP contribution in [0, 0.1) is 0 Å². The molecule has 35 heavy (non-hydrogen) atoms. The lowest BCUT2D eigenvalue weighted by atomic mass is 10.1. The molecule has 0 unspecified atom stereocenters. The zero-order valence-corrected chi connectivity index (χ0v) is 21.4. The van der Waals surface area contributed by atoms with Crippen LogP contribution < -0.4 is 10.1 Å². The molecule has 0 aromatic heterocycles. The number of ether oxygens (including phenoxy) is 2. The summed E-state index contributed by atoms with van der Waals surface area (Å²) in [5, 5.41) is 13.2. The van der Waals surface area contributed by atoms with Crippen LogP contribution in [0.1, 0.15) is 22.8 Å². The number of phenolic OH excluding ortho intramolecular Hbond substituents is 1. The minimum atomic E-state index is -0.957. The lowest BCUT2D eigenvalue weighted by Gasteiger charge is -2.32. The van der Waals surface area contributed by atoms with E-state index in [4.69, 9.17) is 32.7 Å². The molecular weight excluding hydrogens is 493 g/mol. The summed E-state index contributed by atoms with van der Waals surface area (Å²) in [5.41, 5.74) is 0.684. The van der Waals surface area contributed by atoms with E-state index in [2.05, 4.69) is 22.2 Å². The number of carbonyl (C=O) groups excluding carboxylic acids is 2. The maximum Gasteiger partial charge on any atom is 0.328 e. The summed E-state index contributed by atoms with van der Waals surface area (Å²) in [6, 6.07) is 9.56. The Labute approximate surface area is 215 Å². The van der Waals surface area contributed by atoms with Crippen molar-refractivity contribution in [3.8, 4) is 11.5 Å². The van der Waals surface area contributed by atoms with Gasteiger partial charge in [0, 0.05) is 39.1 Å². The summed E-state index contributed by atoms with van der Waals surface area (Å²) in [5.74, 6) is -1.64. The largest absolute Gasteiger partial charge is 0.505 e. The van der Waals surface area contributed by atoms with Crippen molar-refractivity contribution >= 4 is 35.1 Å². The van der Waals surface area contributed by atoms with Crippen LogP contribution in [0.2, 0.25) is 10.0 Å². The minimum absolute atomic E-state index is 0.0899. The second kappa shape index (κ2) is 13.0. The summed E-state index contributed by atoms with van der Waals surface area (Å²) < 4.78 is 10.9. The molecule has 190 valence electrons. The Kier molecular flexibility index (Phi) is 10.0. The number of phenols is 1. The van der Waals surface area contributed by atoms with Crippen LogP contribution in [0.3, 0.4) is 0 Å². The number of hydrogen-bond donors (Lipinski definition) is 2. The number of aromatic hydroxyl groups is 1. The fourth-order valence-electron chi connectivity index (χ4n) is 3.77. The highest BCUT2D eigenvalue weighted by Crippen LogP contribution is 2.42. The van der Waals surface area contributed by atoms with Gasteiger partial charge >= 0.3 is 5.97 Å². The van der Waals surface area contributed by atoms with Crippen molar-refractivity contribution in [2.75, 3.05) is 53.0 Å². The average molecular weight is 524 g/mol. The molecule has 1 atom stereocenters. The van der Waals surface area contributed by atoms with Crippen LogP contribution in [0.5, 0.6) is 11.5 Å². The SMILES string of the molecule is CCOC(=O)[C@@H](Cc1ccccc1)NC(=O)c1cc(Cl)c(OCCN2CCN(C)CC2)c(Cl)c1O. The molecule has 1 fully saturated rings. The zero-order chi connectivity index (χ0) is 25.4. The molecule has 0 radical (unpaired) electrons. The van der Waals surface area contributed by atoms with Crippen molar-refractivity contribution in [1.29, 1.82) is 0 Å². The number of hydrogen-bond acceptors (Lipinski definition) is 7. The number of halogens is 2. The van der Waals surface area contributed by atoms with E-state index in [-0.39, 0.29) is 34.4 Å². The molecule has 3 rings (SSSR count). The molecule has 10 heteroatoms. The molecule has 2 aromatic rings. The molecule has 2 N–H and O–H groups in total. The Hall–Kier alpha value is -2.52. The number of nitrogens with zero attached hydrogens (tertiary/aromatic N) is 2. The Balaban J connectivity index is 1.69. The summed E-state index contributed by atoms with van der Waals surface area (Å²) in [7, 11) is 2.09. The molecule has 0 spiro atoms. The monoisotopic (exact) mass is 523 g/mol. The van der Waals surface area contributed by atoms with E-state index < -0.39 is 23.7 Å². The van der Waals surface area contributed by atoms with E-state index in [9.17, 15) is 14.7 Å². The van der Waals surface area contributed by atoms with Gasteiger partial charge in [-0.3, -0.25) is 9.69 Å². The van der Waals surface area contributed by atoms with E-state index in [1.165, 1.54) is 6.07 Å². The highest BCUT2D eigenvalue weighted by Gasteiger charge is 2.27. The van der Waals surface area contributed by atoms with Gasteiger partial charge in [0.05, 0.1) is 17.2 Å². The Morgan fingerprint density at radius 3 is 2.49 bits per heavy atom. The predicted molar refractivity (Wildman–Crippen MR) is 136 cm³/mol. The quantitative estimate of drug-likeness (QED) is 0.462. The number of benzene rings is 2. The third-order valence-corrected chi connectivity index (χ3v) is 6.44. The van der Waals surface area contributed by atoms with E-state index in [0.29, 0.717) is 13.2 Å². The minimum Gasteiger partial charge on any atom is -0.505 e. The highest BCUT2D eigenvalue weighted by molar-refractivity contribution is 6.39. The number of piperazine rings is 1. The highest BCUT2D eigenvalue weighted by atomic mass is 35.5. The van der Waals surface area contributed by atoms with Crippen molar-refractivity contribution in [3.05, 3.63) is 57.6 Å². The van der Waals surface area contributed by atoms with E-state index in [1.54, 1.807) is 6.92 Å². The molecule has 1 heterocycles. The first-order valence-electron chi connectivity index (χ1n) is 11.6. The number of nitrogens with one attached hydrogen (secondary N) is 1. The van der Waals surface area contributed by atoms with Gasteiger partial charge in [-0.25, -0.2) is 4.79 Å². The molecule has 1 aliphatic rings. The fourth-order valence-corrected chi connectivity index (χ4v) is 4.33. The second-order valence-corrected chi connectivity index (χ2v) is 9.14. The average Bonchev–Trinajstić information content (AvgIpc) is 2.85. The van der Waals surface area contributed by atoms with Gasteiger partial charge in [-0.05, 0) is 25.6 Å². The third kappa shape index (κ3) is 7.48. The molecular formula is C25H31Cl2N3O5. The maximum absolute atomic E-state index is 13.0. The molecule has 0 bridgehead atoms. The molecule has 0 saturated carbocycles. The van der Waals surface area contributed by atoms with Crippen molar-refractivity contribution in [2.45, 2.75) is 19.4 Å². The lowest BCUT2D eigenvalue weighted by molar-refractivity contribution is -0.145. The summed E-state index contributed by atoms with van der Waals surface area (Å²) >= 11 is 12.7. The summed E-state index contributed by atoms with van der Waals surface area (Å²) in [4.78, 5) is 30.0. The number of likely N-dealkylation sites (N-methyl/N-ethyl adjacent to an activating group) is 1. The van der Waals surface area contributed by atoms with Crippen LogP contribution in [-0.2, 0) is 16.0 Å². The molecule has 8 nitrogen and oxygen atoms in total. The molecule has 0 aliphatic carbocycles. The van der Waals surface area contributed by atoms with Gasteiger partial charge < -0.3 is 24.8 Å². The van der Waals surface area contributed by atoms with Crippen molar-refractivity contribution in [1.82, 2.24) is 15.1 Å². The molecule has 1 saturated heterocycles. The summed E-state index contributed by atoms with van der Waals surface area (Å²) in [6.45, 7) is 6.73. The number of carbonyl (C=O) groups is 2. The normalized spacial score (nSPS) is 15.4. The number of rotatable bonds is 10. The molecule has 1 aliphatic heterocycles. The van der Waals surface area contributed by atoms with E-state index >= 15 is 0 Å². The van der Waals surface area contributed by atoms with Gasteiger partial charge in [-0.2, -0.15) is 0 Å². The van der Waals surface area contributed by atoms with E-state index in [0.717, 1.165) is 31.7 Å². The van der Waals surface area contributed by atoms with Crippen LogP contribution in [0.25, 0.3) is 0 Å².